The van der Waals surface area contributed by atoms with Gasteiger partial charge in [-0.25, -0.2) is 8.42 Å². The Hall–Kier alpha value is -0.390. The Bertz CT molecular complexity index is 506. The maximum absolute atomic E-state index is 11.8. The number of nitrogens with one attached hydrogen (secondary N) is 1. The lowest BCUT2D eigenvalue weighted by molar-refractivity contribution is 0.319. The molecule has 0 amide bonds. The third kappa shape index (κ3) is 1.61. The molecule has 0 saturated carbocycles. The Morgan fingerprint density at radius 1 is 1.44 bits per heavy atom. The van der Waals surface area contributed by atoms with Crippen LogP contribution in [0, 0.1) is 0 Å². The molecule has 1 saturated heterocycles. The molecule has 1 atom stereocenters. The van der Waals surface area contributed by atoms with Gasteiger partial charge in [-0.3, -0.25) is 0 Å². The van der Waals surface area contributed by atoms with E-state index in [9.17, 15) is 8.42 Å². The first kappa shape index (κ1) is 10.7. The van der Waals surface area contributed by atoms with Crippen LogP contribution in [0.25, 0.3) is 0 Å². The van der Waals surface area contributed by atoms with Gasteiger partial charge in [0.2, 0.25) is 0 Å². The second-order valence-electron chi connectivity index (χ2n) is 4.73. The summed E-state index contributed by atoms with van der Waals surface area (Å²) in [5.74, 6) is 0.644. The van der Waals surface area contributed by atoms with Crippen molar-refractivity contribution in [3.05, 3.63) is 21.9 Å². The van der Waals surface area contributed by atoms with E-state index in [0.717, 1.165) is 25.8 Å². The highest BCUT2D eigenvalue weighted by atomic mass is 32.2. The Balaban J connectivity index is 2.07. The summed E-state index contributed by atoms with van der Waals surface area (Å²) in [5.41, 5.74) is 1.08. The van der Waals surface area contributed by atoms with Crippen LogP contribution < -0.4 is 5.32 Å². The number of thiophene rings is 1. The maximum Gasteiger partial charge on any atom is 0.152 e. The first-order valence-electron chi connectivity index (χ1n) is 5.64. The number of hydrogen-bond donors (Lipinski definition) is 1. The van der Waals surface area contributed by atoms with E-state index in [4.69, 9.17) is 0 Å². The fourth-order valence-electron chi connectivity index (χ4n) is 2.90. The largest absolute Gasteiger partial charge is 0.306 e. The van der Waals surface area contributed by atoms with E-state index >= 15 is 0 Å². The summed E-state index contributed by atoms with van der Waals surface area (Å²) in [6.45, 7) is 0.902. The first-order valence-corrected chi connectivity index (χ1v) is 8.34. The fourth-order valence-corrected chi connectivity index (χ4v) is 6.02. The molecule has 3 heterocycles. The zero-order chi connectivity index (χ0) is 11.2. The van der Waals surface area contributed by atoms with Gasteiger partial charge in [0.05, 0.1) is 17.0 Å². The van der Waals surface area contributed by atoms with E-state index < -0.39 is 9.84 Å². The number of sulfone groups is 1. The molecule has 0 aromatic carbocycles. The molecule has 2 aliphatic heterocycles. The van der Waals surface area contributed by atoms with Crippen LogP contribution in [0.1, 0.15) is 23.3 Å². The summed E-state index contributed by atoms with van der Waals surface area (Å²) in [6.07, 6.45) is 2.77. The molecule has 3 rings (SSSR count). The molecule has 0 radical (unpaired) electrons. The Labute approximate surface area is 99.8 Å². The van der Waals surface area contributed by atoms with Crippen molar-refractivity contribution in [2.24, 2.45) is 0 Å². The van der Waals surface area contributed by atoms with E-state index in [1.165, 1.54) is 10.4 Å². The number of fused-ring (bicyclic) bond motifs is 2. The molecule has 0 bridgehead atoms. The minimum absolute atomic E-state index is 0.265. The standard InChI is InChI=1S/C11H15NO2S2/c13-16(14)7-1-4-11(8-16)10-9(2-5-12-11)3-6-15-10/h3,6,12H,1-2,4-5,7-8H2. The van der Waals surface area contributed by atoms with E-state index in [0.29, 0.717) is 5.75 Å². The molecule has 1 unspecified atom stereocenters. The van der Waals surface area contributed by atoms with Crippen LogP contribution in [0.15, 0.2) is 11.4 Å². The van der Waals surface area contributed by atoms with Crippen molar-refractivity contribution < 1.29 is 8.42 Å². The molecular formula is C11H15NO2S2. The van der Waals surface area contributed by atoms with Crippen molar-refractivity contribution in [3.8, 4) is 0 Å². The van der Waals surface area contributed by atoms with Gasteiger partial charge in [0.1, 0.15) is 0 Å². The van der Waals surface area contributed by atoms with Gasteiger partial charge in [0, 0.05) is 11.4 Å². The molecule has 1 aromatic heterocycles. The monoisotopic (exact) mass is 257 g/mol. The maximum atomic E-state index is 11.8. The van der Waals surface area contributed by atoms with Crippen molar-refractivity contribution in [2.45, 2.75) is 24.8 Å². The highest BCUT2D eigenvalue weighted by molar-refractivity contribution is 7.91. The van der Waals surface area contributed by atoms with Crippen molar-refractivity contribution in [3.63, 3.8) is 0 Å². The van der Waals surface area contributed by atoms with Crippen LogP contribution in [0.2, 0.25) is 0 Å². The lowest BCUT2D eigenvalue weighted by Gasteiger charge is -2.40. The van der Waals surface area contributed by atoms with E-state index in [1.807, 2.05) is 0 Å². The van der Waals surface area contributed by atoms with Gasteiger partial charge >= 0.3 is 0 Å². The average molecular weight is 257 g/mol. The van der Waals surface area contributed by atoms with Crippen LogP contribution in [-0.4, -0.2) is 26.5 Å². The Morgan fingerprint density at radius 2 is 2.31 bits per heavy atom. The molecule has 5 heteroatoms. The van der Waals surface area contributed by atoms with Gasteiger partial charge < -0.3 is 5.32 Å². The fraction of sp³-hybridized carbons (Fsp3) is 0.636. The van der Waals surface area contributed by atoms with Crippen LogP contribution >= 0.6 is 11.3 Å². The van der Waals surface area contributed by atoms with Gasteiger partial charge in [0.25, 0.3) is 0 Å². The van der Waals surface area contributed by atoms with Gasteiger partial charge in [-0.1, -0.05) is 0 Å². The molecule has 1 spiro atoms. The van der Waals surface area contributed by atoms with Crippen LogP contribution in [0.3, 0.4) is 0 Å². The lowest BCUT2D eigenvalue weighted by atomic mass is 9.87. The van der Waals surface area contributed by atoms with Crippen LogP contribution in [0.5, 0.6) is 0 Å². The predicted octanol–water partition coefficient (Wildman–Crippen LogP) is 1.30. The summed E-state index contributed by atoms with van der Waals surface area (Å²) in [5, 5.41) is 5.55. The van der Waals surface area contributed by atoms with Crippen molar-refractivity contribution >= 4 is 21.2 Å². The highest BCUT2D eigenvalue weighted by Crippen LogP contribution is 2.40. The third-order valence-electron chi connectivity index (χ3n) is 3.56. The molecule has 1 aromatic rings. The normalized spacial score (nSPS) is 32.5. The van der Waals surface area contributed by atoms with Crippen molar-refractivity contribution in [2.75, 3.05) is 18.1 Å². The summed E-state index contributed by atoms with van der Waals surface area (Å²) in [7, 11) is -2.87. The summed E-state index contributed by atoms with van der Waals surface area (Å²) in [6, 6.07) is 2.14. The van der Waals surface area contributed by atoms with Crippen molar-refractivity contribution in [1.29, 1.82) is 0 Å². The average Bonchev–Trinajstić information content (AvgIpc) is 2.65. The second-order valence-corrected chi connectivity index (χ2v) is 7.83. The number of hydrogen-bond acceptors (Lipinski definition) is 4. The van der Waals surface area contributed by atoms with Gasteiger partial charge in [-0.05, 0) is 36.3 Å². The number of rotatable bonds is 0. The Kier molecular flexibility index (Phi) is 2.38. The molecule has 1 N–H and O–H groups in total. The molecule has 16 heavy (non-hydrogen) atoms. The van der Waals surface area contributed by atoms with Gasteiger partial charge in [-0.2, -0.15) is 0 Å². The highest BCUT2D eigenvalue weighted by Gasteiger charge is 2.43. The first-order chi connectivity index (χ1) is 7.61. The van der Waals surface area contributed by atoms with Crippen molar-refractivity contribution in [1.82, 2.24) is 5.32 Å². The van der Waals surface area contributed by atoms with E-state index in [1.54, 1.807) is 11.3 Å². The summed E-state index contributed by atoms with van der Waals surface area (Å²) in [4.78, 5) is 1.27. The third-order valence-corrected chi connectivity index (χ3v) is 6.57. The predicted molar refractivity (Wildman–Crippen MR) is 65.6 cm³/mol. The minimum Gasteiger partial charge on any atom is -0.306 e. The summed E-state index contributed by atoms with van der Waals surface area (Å²) < 4.78 is 23.6. The molecule has 1 fully saturated rings. The van der Waals surface area contributed by atoms with E-state index in [-0.39, 0.29) is 11.3 Å². The summed E-state index contributed by atoms with van der Waals surface area (Å²) >= 11 is 1.70. The molecule has 3 nitrogen and oxygen atoms in total. The molecule has 2 aliphatic rings. The van der Waals surface area contributed by atoms with Gasteiger partial charge in [-0.15, -0.1) is 11.3 Å². The minimum atomic E-state index is -2.87. The SMILES string of the molecule is O=S1(=O)CCCC2(C1)NCCc1ccsc12. The quantitative estimate of drug-likeness (QED) is 0.762. The lowest BCUT2D eigenvalue weighted by Crippen LogP contribution is -2.53. The Morgan fingerprint density at radius 3 is 3.12 bits per heavy atom. The zero-order valence-corrected chi connectivity index (χ0v) is 10.7. The van der Waals surface area contributed by atoms with Crippen LogP contribution in [-0.2, 0) is 21.8 Å². The van der Waals surface area contributed by atoms with Crippen LogP contribution in [0.4, 0.5) is 0 Å². The van der Waals surface area contributed by atoms with E-state index in [2.05, 4.69) is 16.8 Å². The topological polar surface area (TPSA) is 46.2 Å². The molecular weight excluding hydrogens is 242 g/mol. The zero-order valence-electron chi connectivity index (χ0n) is 9.03. The molecule has 88 valence electrons. The second kappa shape index (κ2) is 3.55. The van der Waals surface area contributed by atoms with Gasteiger partial charge in [0.15, 0.2) is 9.84 Å². The molecule has 0 aliphatic carbocycles. The smallest absolute Gasteiger partial charge is 0.152 e.